The summed E-state index contributed by atoms with van der Waals surface area (Å²) in [4.78, 5) is 33.3. The van der Waals surface area contributed by atoms with Crippen LogP contribution in [0.25, 0.3) is 11.2 Å². The van der Waals surface area contributed by atoms with Crippen molar-refractivity contribution in [1.29, 1.82) is 0 Å². The minimum atomic E-state index is -1.14. The first kappa shape index (κ1) is 13.1. The first-order valence-electron chi connectivity index (χ1n) is 5.31. The number of carbonyl (C=O) groups is 2. The summed E-state index contributed by atoms with van der Waals surface area (Å²) in [5.74, 6) is 0.169. The minimum absolute atomic E-state index is 0.169. The van der Waals surface area contributed by atoms with E-state index in [2.05, 4.69) is 15.0 Å². The molecule has 0 bridgehead atoms. The fraction of sp³-hybridized carbons (Fsp3) is 0.300. The van der Waals surface area contributed by atoms with E-state index in [1.54, 1.807) is 0 Å². The molecule has 2 aromatic heterocycles. The van der Waals surface area contributed by atoms with Crippen LogP contribution in [0.2, 0.25) is 0 Å². The van der Waals surface area contributed by atoms with E-state index in [-0.39, 0.29) is 5.82 Å². The standard InChI is InChI=1S/C10H11N5O4/c11-9-8-10(13-4-12-9)15(5-14-8)7(3-18)19-6(1-16)2-17/h1,3-7,17H,2H2,(H2,11,12,13)/t6-,7+/m1/s1. The molecule has 2 atom stereocenters. The molecule has 0 spiro atoms. The molecular formula is C10H11N5O4. The van der Waals surface area contributed by atoms with E-state index in [1.165, 1.54) is 17.2 Å². The van der Waals surface area contributed by atoms with E-state index >= 15 is 0 Å². The van der Waals surface area contributed by atoms with Crippen LogP contribution < -0.4 is 5.73 Å². The first-order valence-corrected chi connectivity index (χ1v) is 5.31. The largest absolute Gasteiger partial charge is 0.393 e. The number of fused-ring (bicyclic) bond motifs is 1. The summed E-state index contributed by atoms with van der Waals surface area (Å²) in [6.45, 7) is -0.530. The average Bonchev–Trinajstić information content (AvgIpc) is 2.86. The fourth-order valence-corrected chi connectivity index (χ4v) is 1.52. The van der Waals surface area contributed by atoms with Crippen LogP contribution in [-0.2, 0) is 14.3 Å². The molecule has 9 heteroatoms. The quantitative estimate of drug-likeness (QED) is 0.614. The Morgan fingerprint density at radius 3 is 2.79 bits per heavy atom. The number of aromatic nitrogens is 4. The number of nitrogens with two attached hydrogens (primary N) is 1. The molecule has 0 unspecified atom stereocenters. The molecule has 100 valence electrons. The molecular weight excluding hydrogens is 254 g/mol. The Bertz CT molecular complexity index is 599. The number of hydrogen-bond acceptors (Lipinski definition) is 8. The molecule has 0 radical (unpaired) electrons. The zero-order valence-electron chi connectivity index (χ0n) is 9.71. The average molecular weight is 265 g/mol. The summed E-state index contributed by atoms with van der Waals surface area (Å²) in [6.07, 6.45) is 1.15. The molecule has 0 fully saturated rings. The normalized spacial score (nSPS) is 14.2. The Labute approximate surface area is 107 Å². The van der Waals surface area contributed by atoms with Gasteiger partial charge in [0.05, 0.1) is 12.9 Å². The minimum Gasteiger partial charge on any atom is -0.393 e. The Morgan fingerprint density at radius 2 is 2.16 bits per heavy atom. The third-order valence-electron chi connectivity index (χ3n) is 2.42. The van der Waals surface area contributed by atoms with E-state index in [1.807, 2.05) is 0 Å². The van der Waals surface area contributed by atoms with Gasteiger partial charge < -0.3 is 20.4 Å². The van der Waals surface area contributed by atoms with Crippen LogP contribution in [0, 0.1) is 0 Å². The summed E-state index contributed by atoms with van der Waals surface area (Å²) < 4.78 is 6.42. The molecule has 3 N–H and O–H groups in total. The number of aldehydes is 2. The Kier molecular flexibility index (Phi) is 3.78. The lowest BCUT2D eigenvalue weighted by Crippen LogP contribution is -2.26. The van der Waals surface area contributed by atoms with Gasteiger partial charge in [0.2, 0.25) is 0 Å². The van der Waals surface area contributed by atoms with Crippen molar-refractivity contribution in [3.63, 3.8) is 0 Å². The van der Waals surface area contributed by atoms with Gasteiger partial charge in [-0.05, 0) is 0 Å². The second-order valence-electron chi connectivity index (χ2n) is 3.60. The fourth-order valence-electron chi connectivity index (χ4n) is 1.52. The zero-order valence-corrected chi connectivity index (χ0v) is 9.71. The van der Waals surface area contributed by atoms with Crippen molar-refractivity contribution < 1.29 is 19.4 Å². The third-order valence-corrected chi connectivity index (χ3v) is 2.42. The molecule has 2 rings (SSSR count). The van der Waals surface area contributed by atoms with Gasteiger partial charge >= 0.3 is 0 Å². The summed E-state index contributed by atoms with van der Waals surface area (Å²) in [5.41, 5.74) is 6.23. The highest BCUT2D eigenvalue weighted by molar-refractivity contribution is 5.81. The number of nitrogen functional groups attached to an aromatic ring is 1. The summed E-state index contributed by atoms with van der Waals surface area (Å²) in [6, 6.07) is 0. The van der Waals surface area contributed by atoms with Gasteiger partial charge in [0.1, 0.15) is 17.9 Å². The second kappa shape index (κ2) is 5.50. The van der Waals surface area contributed by atoms with Crippen molar-refractivity contribution in [3.8, 4) is 0 Å². The molecule has 19 heavy (non-hydrogen) atoms. The number of carbonyl (C=O) groups excluding carboxylic acids is 2. The van der Waals surface area contributed by atoms with Crippen molar-refractivity contribution >= 4 is 29.6 Å². The van der Waals surface area contributed by atoms with Crippen LogP contribution in [0.15, 0.2) is 12.7 Å². The number of aliphatic hydroxyl groups is 1. The molecule has 0 aliphatic carbocycles. The topological polar surface area (TPSA) is 133 Å². The van der Waals surface area contributed by atoms with Gasteiger partial charge in [0, 0.05) is 0 Å². The predicted octanol–water partition coefficient (Wildman–Crippen LogP) is -1.32. The van der Waals surface area contributed by atoms with Crippen molar-refractivity contribution in [3.05, 3.63) is 12.7 Å². The van der Waals surface area contributed by atoms with Crippen LogP contribution in [0.3, 0.4) is 0 Å². The van der Waals surface area contributed by atoms with Crippen LogP contribution >= 0.6 is 0 Å². The van der Waals surface area contributed by atoms with Gasteiger partial charge in [-0.3, -0.25) is 9.36 Å². The number of aliphatic hydroxyl groups excluding tert-OH is 1. The smallest absolute Gasteiger partial charge is 0.193 e. The van der Waals surface area contributed by atoms with E-state index in [0.29, 0.717) is 23.7 Å². The van der Waals surface area contributed by atoms with Gasteiger partial charge in [-0.15, -0.1) is 0 Å². The van der Waals surface area contributed by atoms with Crippen LogP contribution in [0.5, 0.6) is 0 Å². The molecule has 2 aromatic rings. The van der Waals surface area contributed by atoms with Crippen LogP contribution in [-0.4, -0.2) is 49.9 Å². The third kappa shape index (κ3) is 2.41. The van der Waals surface area contributed by atoms with Crippen molar-refractivity contribution in [1.82, 2.24) is 19.5 Å². The van der Waals surface area contributed by atoms with Gasteiger partial charge in [0.15, 0.2) is 30.3 Å². The Balaban J connectivity index is 2.38. The molecule has 9 nitrogen and oxygen atoms in total. The highest BCUT2D eigenvalue weighted by Gasteiger charge is 2.20. The maximum absolute atomic E-state index is 11.1. The Hall–Kier alpha value is -2.39. The van der Waals surface area contributed by atoms with Crippen molar-refractivity contribution in [2.24, 2.45) is 0 Å². The highest BCUT2D eigenvalue weighted by atomic mass is 16.5. The SMILES string of the molecule is Nc1ncnc2c1ncn2[C@H](C=O)O[C@H](C=O)CO. The second-order valence-corrected chi connectivity index (χ2v) is 3.60. The maximum atomic E-state index is 11.1. The number of ether oxygens (including phenoxy) is 1. The van der Waals surface area contributed by atoms with Crippen molar-refractivity contribution in [2.45, 2.75) is 12.3 Å². The molecule has 0 aliphatic heterocycles. The molecule has 2 heterocycles. The van der Waals surface area contributed by atoms with Gasteiger partial charge in [-0.2, -0.15) is 0 Å². The molecule has 0 aromatic carbocycles. The number of rotatable bonds is 6. The van der Waals surface area contributed by atoms with E-state index in [0.717, 1.165) is 0 Å². The number of imidazole rings is 1. The predicted molar refractivity (Wildman–Crippen MR) is 62.9 cm³/mol. The zero-order chi connectivity index (χ0) is 13.8. The van der Waals surface area contributed by atoms with Gasteiger partial charge in [0.25, 0.3) is 0 Å². The monoisotopic (exact) mass is 265 g/mol. The van der Waals surface area contributed by atoms with Crippen LogP contribution in [0.1, 0.15) is 6.23 Å². The van der Waals surface area contributed by atoms with Gasteiger partial charge in [-0.1, -0.05) is 0 Å². The van der Waals surface area contributed by atoms with E-state index in [4.69, 9.17) is 15.6 Å². The first-order chi connectivity index (χ1) is 9.21. The molecule has 0 saturated carbocycles. The summed E-state index contributed by atoms with van der Waals surface area (Å²) >= 11 is 0. The Morgan fingerprint density at radius 1 is 1.37 bits per heavy atom. The van der Waals surface area contributed by atoms with Crippen LogP contribution in [0.4, 0.5) is 5.82 Å². The van der Waals surface area contributed by atoms with E-state index < -0.39 is 18.9 Å². The molecule has 0 saturated heterocycles. The lowest BCUT2D eigenvalue weighted by atomic mass is 10.4. The molecule has 0 aliphatic rings. The number of hydrogen-bond donors (Lipinski definition) is 2. The lowest BCUT2D eigenvalue weighted by molar-refractivity contribution is -0.139. The highest BCUT2D eigenvalue weighted by Crippen LogP contribution is 2.19. The van der Waals surface area contributed by atoms with Crippen molar-refractivity contribution in [2.75, 3.05) is 12.3 Å². The summed E-state index contributed by atoms with van der Waals surface area (Å²) in [5, 5.41) is 8.88. The maximum Gasteiger partial charge on any atom is 0.193 e. The lowest BCUT2D eigenvalue weighted by Gasteiger charge is -2.16. The number of anilines is 1. The number of nitrogens with zero attached hydrogens (tertiary/aromatic N) is 4. The van der Waals surface area contributed by atoms with Gasteiger partial charge in [-0.25, -0.2) is 15.0 Å². The molecule has 0 amide bonds. The van der Waals surface area contributed by atoms with E-state index in [9.17, 15) is 9.59 Å². The summed E-state index contributed by atoms with van der Waals surface area (Å²) in [7, 11) is 0.